The number of carbonyl (C=O) groups is 4. The lowest BCUT2D eigenvalue weighted by molar-refractivity contribution is -0.154. The van der Waals surface area contributed by atoms with E-state index in [1.54, 1.807) is 15.0 Å². The summed E-state index contributed by atoms with van der Waals surface area (Å²) in [7, 11) is 0. The molecule has 46 heavy (non-hydrogen) atoms. The van der Waals surface area contributed by atoms with E-state index in [1.807, 2.05) is 83.3 Å². The van der Waals surface area contributed by atoms with Gasteiger partial charge in [0.05, 0.1) is 11.3 Å². The molecule has 2 aliphatic rings. The monoisotopic (exact) mass is 802 g/mol. The number of thioether (sulfide) groups is 2. The first-order chi connectivity index (χ1) is 22.5. The van der Waals surface area contributed by atoms with Gasteiger partial charge in [0.15, 0.2) is 15.6 Å². The van der Waals surface area contributed by atoms with Crippen molar-refractivity contribution in [2.75, 3.05) is 16.8 Å². The highest BCUT2D eigenvalue weighted by Crippen LogP contribution is 2.43. The van der Waals surface area contributed by atoms with Gasteiger partial charge in [0.1, 0.15) is 22.6 Å². The Labute approximate surface area is 293 Å². The van der Waals surface area contributed by atoms with Crippen molar-refractivity contribution in [3.63, 3.8) is 0 Å². The van der Waals surface area contributed by atoms with Gasteiger partial charge in [0.25, 0.3) is 11.8 Å². The van der Waals surface area contributed by atoms with Gasteiger partial charge in [-0.1, -0.05) is 106 Å². The van der Waals surface area contributed by atoms with Crippen molar-refractivity contribution in [2.24, 2.45) is 0 Å². The molecule has 6 rings (SSSR count). The number of β-lactam (4-membered cyclic amide) rings is 1. The number of nitrogens with one attached hydrogen (secondary N) is 2. The van der Waals surface area contributed by atoms with Gasteiger partial charge in [-0.3, -0.25) is 19.3 Å². The molecule has 2 atom stereocenters. The van der Waals surface area contributed by atoms with Crippen LogP contribution in [0.5, 0.6) is 0 Å². The Bertz CT molecular complexity index is 1760. The van der Waals surface area contributed by atoms with Gasteiger partial charge in [-0.2, -0.15) is 0 Å². The van der Waals surface area contributed by atoms with Crippen LogP contribution in [-0.4, -0.2) is 67.2 Å². The van der Waals surface area contributed by atoms with E-state index >= 15 is 0 Å². The standard InChI is InChI=1S/C30H23IN6O5S4/c31-11-20(21-14-44-29(34-21)32-15-38)25(39)35-22-26(40)37-23(19(12-43-27(22)37)13-45-30-36-33-16-46-30)28(41)42-24(17-7-3-1-4-8-17)18-9-5-2-6-10-18/h1-11,14-16,22,24,27H,12-13H2,(H,35,39)(H,32,34,38)/b20-11+/t22?,27-/m1/s1. The molecule has 3 amide bonds. The summed E-state index contributed by atoms with van der Waals surface area (Å²) >= 11 is 7.41. The Balaban J connectivity index is 1.26. The topological polar surface area (TPSA) is 143 Å². The van der Waals surface area contributed by atoms with Crippen molar-refractivity contribution in [1.82, 2.24) is 25.4 Å². The number of aromatic nitrogens is 3. The maximum Gasteiger partial charge on any atom is 0.356 e. The number of thiazole rings is 1. The molecule has 0 bridgehead atoms. The number of carbonyl (C=O) groups excluding carboxylic acids is 4. The summed E-state index contributed by atoms with van der Waals surface area (Å²) in [5.74, 6) is -0.680. The molecular formula is C30H23IN6O5S4. The molecule has 2 aromatic carbocycles. The van der Waals surface area contributed by atoms with Crippen molar-refractivity contribution in [1.29, 1.82) is 0 Å². The van der Waals surface area contributed by atoms with Crippen molar-refractivity contribution in [3.05, 3.63) is 104 Å². The molecule has 0 saturated carbocycles. The zero-order valence-electron chi connectivity index (χ0n) is 23.6. The lowest BCUT2D eigenvalue weighted by Gasteiger charge is -2.49. The highest BCUT2D eigenvalue weighted by Gasteiger charge is 2.54. The van der Waals surface area contributed by atoms with E-state index in [2.05, 4.69) is 25.8 Å². The molecule has 0 spiro atoms. The Kier molecular flexibility index (Phi) is 10.5. The second-order valence-electron chi connectivity index (χ2n) is 9.74. The number of fused-ring (bicyclic) bond motifs is 1. The maximum absolute atomic E-state index is 14.1. The molecule has 0 aliphatic carbocycles. The first kappa shape index (κ1) is 32.4. The van der Waals surface area contributed by atoms with Crippen molar-refractivity contribution in [2.45, 2.75) is 21.9 Å². The fraction of sp³-hybridized carbons (Fsp3) is 0.167. The predicted octanol–water partition coefficient (Wildman–Crippen LogP) is 5.12. The summed E-state index contributed by atoms with van der Waals surface area (Å²) in [6.45, 7) is 0. The predicted molar refractivity (Wildman–Crippen MR) is 187 cm³/mol. The van der Waals surface area contributed by atoms with Crippen LogP contribution < -0.4 is 10.6 Å². The second-order valence-corrected chi connectivity index (χ2v) is 14.4. The molecule has 11 nitrogen and oxygen atoms in total. The van der Waals surface area contributed by atoms with Crippen LogP contribution in [0.4, 0.5) is 5.13 Å². The van der Waals surface area contributed by atoms with E-state index in [0.717, 1.165) is 21.0 Å². The lowest BCUT2D eigenvalue weighted by Crippen LogP contribution is -2.70. The van der Waals surface area contributed by atoms with Gasteiger partial charge < -0.3 is 15.4 Å². The SMILES string of the molecule is O=CNc1nc(/C(=C\I)C(=O)NC2C(=O)N3C(C(=O)OC(c4ccccc4)c4ccccc4)=C(CSc4nncs4)CS[C@H]23)cs1. The molecule has 2 aromatic heterocycles. The zero-order chi connectivity index (χ0) is 32.0. The minimum atomic E-state index is -0.866. The van der Waals surface area contributed by atoms with Crippen LogP contribution in [0.25, 0.3) is 5.57 Å². The van der Waals surface area contributed by atoms with E-state index in [9.17, 15) is 19.2 Å². The fourth-order valence-corrected chi connectivity index (χ4v) is 9.10. The van der Waals surface area contributed by atoms with Crippen LogP contribution in [-0.2, 0) is 23.9 Å². The molecule has 1 fully saturated rings. The molecule has 4 aromatic rings. The molecule has 4 heterocycles. The third-order valence-corrected chi connectivity index (χ3v) is 11.7. The number of rotatable bonds is 12. The number of amides is 3. The maximum atomic E-state index is 14.1. The molecule has 2 aliphatic heterocycles. The van der Waals surface area contributed by atoms with Crippen LogP contribution in [0.15, 0.2) is 91.2 Å². The first-order valence-corrected chi connectivity index (χ1v) is 18.7. The Morgan fingerprint density at radius 3 is 2.46 bits per heavy atom. The molecule has 0 radical (unpaired) electrons. The summed E-state index contributed by atoms with van der Waals surface area (Å²) in [5.41, 5.74) is 4.76. The number of anilines is 1. The van der Waals surface area contributed by atoms with Crippen molar-refractivity contribution in [3.8, 4) is 0 Å². The second kappa shape index (κ2) is 14.9. The van der Waals surface area contributed by atoms with Gasteiger partial charge in [0, 0.05) is 16.9 Å². The summed E-state index contributed by atoms with van der Waals surface area (Å²) in [4.78, 5) is 57.7. The number of hydrogen-bond acceptors (Lipinski definition) is 12. The van der Waals surface area contributed by atoms with Gasteiger partial charge in [-0.15, -0.1) is 33.3 Å². The highest BCUT2D eigenvalue weighted by atomic mass is 127. The molecule has 1 unspecified atom stereocenters. The molecule has 234 valence electrons. The van der Waals surface area contributed by atoms with Crippen molar-refractivity contribution < 1.29 is 23.9 Å². The summed E-state index contributed by atoms with van der Waals surface area (Å²) in [6, 6.07) is 18.0. The summed E-state index contributed by atoms with van der Waals surface area (Å²) < 4.78 is 8.52. The summed E-state index contributed by atoms with van der Waals surface area (Å²) in [5, 5.41) is 14.8. The lowest BCUT2D eigenvalue weighted by atomic mass is 10.0. The Morgan fingerprint density at radius 2 is 1.83 bits per heavy atom. The van der Waals surface area contributed by atoms with E-state index in [0.29, 0.717) is 28.7 Å². The number of ether oxygens (including phenoxy) is 1. The van der Waals surface area contributed by atoms with E-state index in [4.69, 9.17) is 4.74 Å². The molecule has 2 N–H and O–H groups in total. The molecule has 1 saturated heterocycles. The number of halogens is 1. The smallest absolute Gasteiger partial charge is 0.356 e. The van der Waals surface area contributed by atoms with E-state index in [1.165, 1.54) is 51.1 Å². The van der Waals surface area contributed by atoms with Gasteiger partial charge in [-0.05, 0) is 20.8 Å². The van der Waals surface area contributed by atoms with Gasteiger partial charge >= 0.3 is 5.97 Å². The average Bonchev–Trinajstić information content (AvgIpc) is 3.78. The minimum absolute atomic E-state index is 0.182. The van der Waals surface area contributed by atoms with Gasteiger partial charge in [0.2, 0.25) is 6.41 Å². The van der Waals surface area contributed by atoms with E-state index in [-0.39, 0.29) is 11.3 Å². The molecular weight excluding hydrogens is 780 g/mol. The van der Waals surface area contributed by atoms with Crippen LogP contribution in [0.3, 0.4) is 0 Å². The Hall–Kier alpha value is -3.58. The first-order valence-electron chi connectivity index (χ1n) is 13.6. The van der Waals surface area contributed by atoms with Gasteiger partial charge in [-0.25, -0.2) is 9.78 Å². The van der Waals surface area contributed by atoms with Crippen molar-refractivity contribution >= 4 is 104 Å². The summed E-state index contributed by atoms with van der Waals surface area (Å²) in [6.07, 6.45) is -0.191. The highest BCUT2D eigenvalue weighted by molar-refractivity contribution is 14.1. The number of nitrogens with zero attached hydrogens (tertiary/aromatic N) is 4. The normalized spacial score (nSPS) is 17.7. The van der Waals surface area contributed by atoms with Crippen LogP contribution in [0, 0.1) is 0 Å². The van der Waals surface area contributed by atoms with E-state index < -0.39 is 35.3 Å². The Morgan fingerprint density at radius 1 is 1.11 bits per heavy atom. The third-order valence-electron chi connectivity index (χ3n) is 6.98. The number of benzene rings is 2. The third kappa shape index (κ3) is 6.90. The van der Waals surface area contributed by atoms with Crippen LogP contribution in [0.1, 0.15) is 22.9 Å². The largest absolute Gasteiger partial charge is 0.448 e. The van der Waals surface area contributed by atoms with Crippen LogP contribution >= 0.6 is 68.8 Å². The fourth-order valence-electron chi connectivity index (χ4n) is 4.86. The zero-order valence-corrected chi connectivity index (χ0v) is 29.0. The number of hydrogen-bond donors (Lipinski definition) is 2. The minimum Gasteiger partial charge on any atom is -0.448 e. The number of esters is 1. The van der Waals surface area contributed by atoms with Crippen LogP contribution in [0.2, 0.25) is 0 Å². The average molecular weight is 803 g/mol. The molecule has 16 heteroatoms. The quantitative estimate of drug-likeness (QED) is 0.0495.